The second-order valence-electron chi connectivity index (χ2n) is 7.94. The first-order valence-corrected chi connectivity index (χ1v) is 11.2. The molecule has 0 aromatic rings. The topological polar surface area (TPSA) is 132 Å². The van der Waals surface area contributed by atoms with Crippen molar-refractivity contribution in [3.05, 3.63) is 25.3 Å². The lowest BCUT2D eigenvalue weighted by Crippen LogP contribution is -2.67. The second-order valence-corrected chi connectivity index (χ2v) is 7.94. The van der Waals surface area contributed by atoms with Crippen molar-refractivity contribution >= 4 is 11.9 Å². The van der Waals surface area contributed by atoms with E-state index in [1.807, 2.05) is 20.8 Å². The Labute approximate surface area is 197 Å². The molecular weight excluding hydrogens is 434 g/mol. The fourth-order valence-corrected chi connectivity index (χ4v) is 3.65. The fourth-order valence-electron chi connectivity index (χ4n) is 3.65. The summed E-state index contributed by atoms with van der Waals surface area (Å²) in [4.78, 5) is 22.2. The van der Waals surface area contributed by atoms with Crippen molar-refractivity contribution in [2.75, 3.05) is 59.3 Å². The average Bonchev–Trinajstić information content (AvgIpc) is 2.80. The lowest BCUT2D eigenvalue weighted by atomic mass is 9.93. The van der Waals surface area contributed by atoms with E-state index in [4.69, 9.17) is 18.9 Å². The van der Waals surface area contributed by atoms with E-state index in [9.17, 15) is 24.9 Å². The highest BCUT2D eigenvalue weighted by Crippen LogP contribution is 2.31. The van der Waals surface area contributed by atoms with Gasteiger partial charge in [-0.25, -0.2) is 9.59 Å². The number of nitrogens with zero attached hydrogens (tertiary/aromatic N) is 1. The van der Waals surface area contributed by atoms with Crippen molar-refractivity contribution in [1.82, 2.24) is 0 Å². The highest BCUT2D eigenvalue weighted by molar-refractivity contribution is 5.81. The number of rotatable bonds is 19. The molecule has 3 atom stereocenters. The van der Waals surface area contributed by atoms with Crippen LogP contribution in [0.2, 0.25) is 0 Å². The van der Waals surface area contributed by atoms with Crippen molar-refractivity contribution in [2.45, 2.75) is 45.6 Å². The zero-order valence-corrected chi connectivity index (χ0v) is 20.4. The van der Waals surface area contributed by atoms with Gasteiger partial charge in [-0.1, -0.05) is 13.2 Å². The molecule has 0 heterocycles. The predicted octanol–water partition coefficient (Wildman–Crippen LogP) is 0.401. The van der Waals surface area contributed by atoms with E-state index in [-0.39, 0.29) is 39.6 Å². The molecule has 0 saturated carbocycles. The molecule has 3 unspecified atom stereocenters. The van der Waals surface area contributed by atoms with Crippen LogP contribution in [0.15, 0.2) is 25.3 Å². The zero-order valence-electron chi connectivity index (χ0n) is 20.4. The van der Waals surface area contributed by atoms with Crippen molar-refractivity contribution in [1.29, 1.82) is 0 Å². The van der Waals surface area contributed by atoms with Gasteiger partial charge in [0.25, 0.3) is 0 Å². The van der Waals surface area contributed by atoms with Crippen LogP contribution in [-0.4, -0.2) is 109 Å². The van der Waals surface area contributed by atoms with E-state index in [1.54, 1.807) is 6.92 Å². The number of ether oxygens (including phenoxy) is 4. The van der Waals surface area contributed by atoms with Gasteiger partial charge in [0.1, 0.15) is 25.4 Å². The number of carbonyl (C=O) groups excluding carboxylic acids is 2. The summed E-state index contributed by atoms with van der Waals surface area (Å²) in [7, 11) is 0. The van der Waals surface area contributed by atoms with Crippen LogP contribution in [0, 0.1) is 5.92 Å². The summed E-state index contributed by atoms with van der Waals surface area (Å²) in [6.45, 7) is 15.7. The van der Waals surface area contributed by atoms with Crippen LogP contribution < -0.4 is 0 Å². The van der Waals surface area contributed by atoms with Crippen LogP contribution in [0.3, 0.4) is 0 Å². The van der Waals surface area contributed by atoms with E-state index in [0.717, 1.165) is 12.2 Å². The highest BCUT2D eigenvalue weighted by atomic mass is 16.6. The van der Waals surface area contributed by atoms with Crippen molar-refractivity contribution < 1.29 is 48.3 Å². The predicted molar refractivity (Wildman–Crippen MR) is 122 cm³/mol. The minimum Gasteiger partial charge on any atom is -0.460 e. The van der Waals surface area contributed by atoms with Gasteiger partial charge in [-0.05, 0) is 20.8 Å². The molecule has 0 radical (unpaired) electrons. The third-order valence-electron chi connectivity index (χ3n) is 5.98. The fraction of sp³-hybridized carbons (Fsp3) is 0.739. The van der Waals surface area contributed by atoms with Gasteiger partial charge in [-0.15, -0.1) is 0 Å². The Hall–Kier alpha value is -1.82. The van der Waals surface area contributed by atoms with Gasteiger partial charge < -0.3 is 34.3 Å². The Morgan fingerprint density at radius 1 is 0.818 bits per heavy atom. The highest BCUT2D eigenvalue weighted by Gasteiger charge is 2.49. The smallest absolute Gasteiger partial charge is 0.330 e. The summed E-state index contributed by atoms with van der Waals surface area (Å²) in [5, 5.41) is 31.5. The summed E-state index contributed by atoms with van der Waals surface area (Å²) in [6.07, 6.45) is -0.0696. The first kappa shape index (κ1) is 31.2. The minimum absolute atomic E-state index is 0.0566. The molecule has 3 N–H and O–H groups in total. The summed E-state index contributed by atoms with van der Waals surface area (Å²) < 4.78 is 21.2. The van der Waals surface area contributed by atoms with Gasteiger partial charge in [0, 0.05) is 19.1 Å². The number of aliphatic hydroxyl groups excluding tert-OH is 2. The van der Waals surface area contributed by atoms with Gasteiger partial charge in [0.15, 0.2) is 0 Å². The van der Waals surface area contributed by atoms with Crippen LogP contribution in [0.25, 0.3) is 0 Å². The molecule has 0 aliphatic rings. The number of carbonyl (C=O) groups is 2. The molecule has 0 aliphatic carbocycles. The number of hydrogen-bond acceptors (Lipinski definition) is 9. The quantitative estimate of drug-likeness (QED) is 0.105. The van der Waals surface area contributed by atoms with Gasteiger partial charge in [-0.2, -0.15) is 0 Å². The Bertz CT molecular complexity index is 560. The van der Waals surface area contributed by atoms with E-state index in [0.29, 0.717) is 24.1 Å². The molecule has 10 heteroatoms. The molecule has 192 valence electrons. The van der Waals surface area contributed by atoms with E-state index >= 15 is 0 Å². The number of aliphatic hydroxyl groups is 3. The molecule has 0 aliphatic heterocycles. The van der Waals surface area contributed by atoms with Crippen LogP contribution in [0.4, 0.5) is 0 Å². The second kappa shape index (κ2) is 15.9. The summed E-state index contributed by atoms with van der Waals surface area (Å²) >= 11 is 0. The number of esters is 2. The maximum atomic E-state index is 11.6. The Kier molecular flexibility index (Phi) is 15.0. The number of quaternary nitrogens is 1. The van der Waals surface area contributed by atoms with Gasteiger partial charge in [0.2, 0.25) is 5.72 Å². The molecule has 0 amide bonds. The molecule has 0 bridgehead atoms. The third kappa shape index (κ3) is 10.3. The standard InChI is InChI=1S/C23H42NO9/c1-7-21(27)32-16-19(25)14-30-12-18(23(6,29)24(9-3,10-4)11-5)13-31-15-20(26)17-33-22(28)8-2/h7-8,18-20,25-26,29H,1-2,9-17H2,3-6H3/q+1. The normalized spacial score (nSPS) is 16.2. The first-order valence-electron chi connectivity index (χ1n) is 11.2. The molecule has 0 fully saturated rings. The number of hydrogen-bond donors (Lipinski definition) is 3. The Balaban J connectivity index is 5.09. The lowest BCUT2D eigenvalue weighted by Gasteiger charge is -2.50. The van der Waals surface area contributed by atoms with E-state index in [2.05, 4.69) is 13.2 Å². The minimum atomic E-state index is -1.24. The SMILES string of the molecule is C=CC(=O)OCC(O)COCC(COCC(O)COC(=O)C=C)C(C)(O)[N+](CC)(CC)CC. The molecule has 0 aromatic carbocycles. The molecule has 0 rings (SSSR count). The Morgan fingerprint density at radius 2 is 1.18 bits per heavy atom. The van der Waals surface area contributed by atoms with E-state index in [1.165, 1.54) is 0 Å². The molecule has 33 heavy (non-hydrogen) atoms. The Morgan fingerprint density at radius 3 is 1.48 bits per heavy atom. The van der Waals surface area contributed by atoms with Crippen LogP contribution in [0.1, 0.15) is 27.7 Å². The maximum absolute atomic E-state index is 11.6. The zero-order chi connectivity index (χ0) is 25.5. The third-order valence-corrected chi connectivity index (χ3v) is 5.98. The summed E-state index contributed by atoms with van der Waals surface area (Å²) in [6, 6.07) is 0. The van der Waals surface area contributed by atoms with Gasteiger partial charge in [-0.3, -0.25) is 4.48 Å². The van der Waals surface area contributed by atoms with Crippen LogP contribution >= 0.6 is 0 Å². The average molecular weight is 477 g/mol. The molecule has 0 aromatic heterocycles. The van der Waals surface area contributed by atoms with Gasteiger partial charge >= 0.3 is 11.9 Å². The maximum Gasteiger partial charge on any atom is 0.330 e. The lowest BCUT2D eigenvalue weighted by molar-refractivity contribution is -0.998. The first-order chi connectivity index (χ1) is 15.5. The van der Waals surface area contributed by atoms with Crippen molar-refractivity contribution in [2.24, 2.45) is 5.92 Å². The van der Waals surface area contributed by atoms with E-state index < -0.39 is 35.8 Å². The molecule has 10 nitrogen and oxygen atoms in total. The van der Waals surface area contributed by atoms with Crippen molar-refractivity contribution in [3.63, 3.8) is 0 Å². The molecule has 0 saturated heterocycles. The van der Waals surface area contributed by atoms with Gasteiger partial charge in [0.05, 0.1) is 52.0 Å². The summed E-state index contributed by atoms with van der Waals surface area (Å²) in [5.41, 5.74) is -1.24. The van der Waals surface area contributed by atoms with Crippen LogP contribution in [0.5, 0.6) is 0 Å². The molecule has 0 spiro atoms. The largest absolute Gasteiger partial charge is 0.460 e. The molecular formula is C23H42NO9+. The summed E-state index contributed by atoms with van der Waals surface area (Å²) in [5.74, 6) is -1.80. The van der Waals surface area contributed by atoms with Crippen molar-refractivity contribution in [3.8, 4) is 0 Å². The van der Waals surface area contributed by atoms with Crippen LogP contribution in [-0.2, 0) is 28.5 Å². The monoisotopic (exact) mass is 476 g/mol.